The minimum atomic E-state index is -0.842. The van der Waals surface area contributed by atoms with Crippen molar-refractivity contribution in [2.75, 3.05) is 13.2 Å². The Labute approximate surface area is 501 Å². The number of amides is 1. The SMILES string of the molecule is CCCCCCCCCCCCCCCCCCCC/C=C/C(O)C(CO)NC(=O)CCCCCCCCCCCCCCCCCCCCCCCCCCCCCCCCCOC(=O)CCCCCCCCCCCCCC. The van der Waals surface area contributed by atoms with Crippen molar-refractivity contribution in [3.63, 3.8) is 0 Å². The third-order valence-corrected chi connectivity index (χ3v) is 17.6. The first kappa shape index (κ1) is 78.6. The Morgan fingerprint density at radius 2 is 0.575 bits per heavy atom. The molecular weight excluding hydrogens is 983 g/mol. The Bertz CT molecular complexity index is 1210. The molecule has 0 heterocycles. The molecule has 3 N–H and O–H groups in total. The molecule has 0 fully saturated rings. The highest BCUT2D eigenvalue weighted by Crippen LogP contribution is 2.20. The van der Waals surface area contributed by atoms with Crippen LogP contribution in [0.2, 0.25) is 0 Å². The van der Waals surface area contributed by atoms with Crippen LogP contribution < -0.4 is 5.32 Å². The molecular formula is C74H145NO5. The molecule has 0 aromatic heterocycles. The number of allylic oxidation sites excluding steroid dienone is 1. The van der Waals surface area contributed by atoms with Crippen molar-refractivity contribution in [1.29, 1.82) is 0 Å². The number of hydrogen-bond donors (Lipinski definition) is 3. The van der Waals surface area contributed by atoms with Crippen LogP contribution in [-0.2, 0) is 14.3 Å². The van der Waals surface area contributed by atoms with Crippen molar-refractivity contribution < 1.29 is 24.5 Å². The first-order chi connectivity index (χ1) is 39.5. The third-order valence-electron chi connectivity index (χ3n) is 17.6. The number of esters is 1. The van der Waals surface area contributed by atoms with Crippen LogP contribution in [0.4, 0.5) is 0 Å². The van der Waals surface area contributed by atoms with Crippen molar-refractivity contribution in [3.05, 3.63) is 12.2 Å². The van der Waals surface area contributed by atoms with E-state index in [4.69, 9.17) is 4.74 Å². The zero-order chi connectivity index (χ0) is 57.8. The summed E-state index contributed by atoms with van der Waals surface area (Å²) in [4.78, 5) is 24.6. The quantitative estimate of drug-likeness (QED) is 0.0320. The van der Waals surface area contributed by atoms with Gasteiger partial charge in [0.25, 0.3) is 0 Å². The topological polar surface area (TPSA) is 95.9 Å². The van der Waals surface area contributed by atoms with Crippen LogP contribution in [0, 0.1) is 0 Å². The summed E-state index contributed by atoms with van der Waals surface area (Å²) in [6.45, 7) is 4.95. The maximum Gasteiger partial charge on any atom is 0.305 e. The van der Waals surface area contributed by atoms with Gasteiger partial charge < -0.3 is 20.3 Å². The predicted molar refractivity (Wildman–Crippen MR) is 352 cm³/mol. The normalized spacial score (nSPS) is 12.5. The molecule has 0 spiro atoms. The van der Waals surface area contributed by atoms with Gasteiger partial charge >= 0.3 is 5.97 Å². The van der Waals surface area contributed by atoms with Gasteiger partial charge in [-0.05, 0) is 32.1 Å². The summed E-state index contributed by atoms with van der Waals surface area (Å²) in [5.41, 5.74) is 0. The lowest BCUT2D eigenvalue weighted by molar-refractivity contribution is -0.143. The highest BCUT2D eigenvalue weighted by atomic mass is 16.5. The maximum atomic E-state index is 12.5. The molecule has 0 aromatic carbocycles. The minimum Gasteiger partial charge on any atom is -0.466 e. The van der Waals surface area contributed by atoms with Crippen molar-refractivity contribution in [3.8, 4) is 0 Å². The van der Waals surface area contributed by atoms with Gasteiger partial charge in [-0.3, -0.25) is 9.59 Å². The van der Waals surface area contributed by atoms with Gasteiger partial charge in [-0.1, -0.05) is 392 Å². The Kier molecular flexibility index (Phi) is 68.9. The number of hydrogen-bond acceptors (Lipinski definition) is 5. The zero-order valence-corrected chi connectivity index (χ0v) is 54.6. The summed E-state index contributed by atoms with van der Waals surface area (Å²) in [6.07, 6.45) is 87.4. The first-order valence-electron chi connectivity index (χ1n) is 37.0. The summed E-state index contributed by atoms with van der Waals surface area (Å²) in [6, 6.07) is -0.625. The van der Waals surface area contributed by atoms with E-state index in [9.17, 15) is 19.8 Å². The highest BCUT2D eigenvalue weighted by Gasteiger charge is 2.18. The van der Waals surface area contributed by atoms with Gasteiger partial charge in [-0.15, -0.1) is 0 Å². The van der Waals surface area contributed by atoms with Gasteiger partial charge in [-0.25, -0.2) is 0 Å². The molecule has 1 amide bonds. The van der Waals surface area contributed by atoms with Gasteiger partial charge in [0.05, 0.1) is 25.4 Å². The van der Waals surface area contributed by atoms with E-state index in [1.807, 2.05) is 6.08 Å². The van der Waals surface area contributed by atoms with Crippen LogP contribution in [0.3, 0.4) is 0 Å². The van der Waals surface area contributed by atoms with Crippen LogP contribution in [0.1, 0.15) is 425 Å². The summed E-state index contributed by atoms with van der Waals surface area (Å²) in [5, 5.41) is 23.3. The molecule has 0 aliphatic carbocycles. The molecule has 6 heteroatoms. The van der Waals surface area contributed by atoms with Gasteiger partial charge in [0.15, 0.2) is 0 Å². The number of ether oxygens (including phenoxy) is 1. The van der Waals surface area contributed by atoms with Crippen molar-refractivity contribution >= 4 is 11.9 Å². The van der Waals surface area contributed by atoms with E-state index in [0.717, 1.165) is 38.5 Å². The molecule has 80 heavy (non-hydrogen) atoms. The van der Waals surface area contributed by atoms with E-state index in [2.05, 4.69) is 19.2 Å². The van der Waals surface area contributed by atoms with E-state index in [1.54, 1.807) is 6.08 Å². The van der Waals surface area contributed by atoms with Gasteiger partial charge in [0.1, 0.15) is 0 Å². The Morgan fingerprint density at radius 3 is 0.850 bits per heavy atom. The monoisotopic (exact) mass is 1130 g/mol. The second-order valence-corrected chi connectivity index (χ2v) is 25.6. The molecule has 2 atom stereocenters. The van der Waals surface area contributed by atoms with E-state index in [0.29, 0.717) is 19.4 Å². The molecule has 0 rings (SSSR count). The summed E-state index contributed by atoms with van der Waals surface area (Å²) < 4.78 is 5.49. The van der Waals surface area contributed by atoms with Crippen LogP contribution in [0.25, 0.3) is 0 Å². The van der Waals surface area contributed by atoms with E-state index in [1.165, 1.54) is 360 Å². The number of carbonyl (C=O) groups excluding carboxylic acids is 2. The minimum absolute atomic E-state index is 0.0220. The largest absolute Gasteiger partial charge is 0.466 e. The van der Waals surface area contributed by atoms with Crippen LogP contribution in [0.15, 0.2) is 12.2 Å². The van der Waals surface area contributed by atoms with E-state index >= 15 is 0 Å². The van der Waals surface area contributed by atoms with E-state index < -0.39 is 12.1 Å². The fraction of sp³-hybridized carbons (Fsp3) is 0.946. The van der Waals surface area contributed by atoms with Crippen LogP contribution in [0.5, 0.6) is 0 Å². The molecule has 2 unspecified atom stereocenters. The molecule has 0 saturated heterocycles. The third kappa shape index (κ3) is 65.7. The van der Waals surface area contributed by atoms with Gasteiger partial charge in [-0.2, -0.15) is 0 Å². The highest BCUT2D eigenvalue weighted by molar-refractivity contribution is 5.76. The fourth-order valence-electron chi connectivity index (χ4n) is 11.9. The Morgan fingerprint density at radius 1 is 0.338 bits per heavy atom. The average Bonchev–Trinajstić information content (AvgIpc) is 3.46. The van der Waals surface area contributed by atoms with Gasteiger partial charge in [0.2, 0.25) is 5.91 Å². The molecule has 0 aliphatic heterocycles. The lowest BCUT2D eigenvalue weighted by Gasteiger charge is -2.20. The Hall–Kier alpha value is -1.40. The fourth-order valence-corrected chi connectivity index (χ4v) is 11.9. The lowest BCUT2D eigenvalue weighted by atomic mass is 10.0. The summed E-state index contributed by atoms with van der Waals surface area (Å²) >= 11 is 0. The molecule has 0 aliphatic rings. The molecule has 6 nitrogen and oxygen atoms in total. The second-order valence-electron chi connectivity index (χ2n) is 25.6. The number of aliphatic hydroxyl groups is 2. The molecule has 0 bridgehead atoms. The van der Waals surface area contributed by atoms with Crippen molar-refractivity contribution in [2.24, 2.45) is 0 Å². The summed E-state index contributed by atoms with van der Waals surface area (Å²) in [5.74, 6) is -0.0370. The van der Waals surface area contributed by atoms with Gasteiger partial charge in [0, 0.05) is 12.8 Å². The summed E-state index contributed by atoms with van der Waals surface area (Å²) in [7, 11) is 0. The number of nitrogens with one attached hydrogen (secondary N) is 1. The van der Waals surface area contributed by atoms with Crippen LogP contribution >= 0.6 is 0 Å². The molecule has 0 saturated carbocycles. The standard InChI is InChI=1S/C74H145NO5/c1-3-5-7-9-11-13-15-17-18-19-20-34-37-40-43-46-50-54-58-62-66-72(77)71(70-76)75-73(78)67-63-59-55-51-47-44-41-38-35-32-30-28-26-24-22-21-23-25-27-29-31-33-36-39-42-45-49-53-57-61-65-69-80-74(79)68-64-60-56-52-48-16-14-12-10-8-6-4-2/h62,66,71-72,76-77H,3-61,63-65,67-70H2,1-2H3,(H,75,78)/b66-62+. The number of unbranched alkanes of at least 4 members (excludes halogenated alkanes) is 59. The molecule has 476 valence electrons. The van der Waals surface area contributed by atoms with Crippen LogP contribution in [-0.4, -0.2) is 47.4 Å². The average molecular weight is 1130 g/mol. The number of rotatable bonds is 70. The zero-order valence-electron chi connectivity index (χ0n) is 54.6. The molecule has 0 aromatic rings. The van der Waals surface area contributed by atoms with E-state index in [-0.39, 0.29) is 18.5 Å². The second kappa shape index (κ2) is 70.1. The maximum absolute atomic E-state index is 12.5. The predicted octanol–water partition coefficient (Wildman–Crippen LogP) is 23.9. The lowest BCUT2D eigenvalue weighted by Crippen LogP contribution is -2.45. The van der Waals surface area contributed by atoms with Crippen molar-refractivity contribution in [2.45, 2.75) is 437 Å². The smallest absolute Gasteiger partial charge is 0.305 e. The number of aliphatic hydroxyl groups excluding tert-OH is 2. The first-order valence-corrected chi connectivity index (χ1v) is 37.0. The van der Waals surface area contributed by atoms with Crippen molar-refractivity contribution in [1.82, 2.24) is 5.32 Å². The molecule has 0 radical (unpaired) electrons. The Balaban J connectivity index is 3.35. The number of carbonyl (C=O) groups is 2.